The summed E-state index contributed by atoms with van der Waals surface area (Å²) in [5, 5.41) is 2.90. The van der Waals surface area contributed by atoms with Gasteiger partial charge in [0.25, 0.3) is 11.5 Å². The van der Waals surface area contributed by atoms with E-state index in [4.69, 9.17) is 11.6 Å². The number of anilines is 1. The van der Waals surface area contributed by atoms with Gasteiger partial charge < -0.3 is 10.3 Å². The fraction of sp³-hybridized carbons (Fsp3) is 0.333. The van der Waals surface area contributed by atoms with Gasteiger partial charge in [-0.3, -0.25) is 24.1 Å². The molecule has 1 saturated carbocycles. The predicted molar refractivity (Wildman–Crippen MR) is 108 cm³/mol. The summed E-state index contributed by atoms with van der Waals surface area (Å²) in [5.74, 6) is -2.84. The maximum absolute atomic E-state index is 13.2. The summed E-state index contributed by atoms with van der Waals surface area (Å²) >= 11 is 5.97. The van der Waals surface area contributed by atoms with Crippen molar-refractivity contribution in [1.29, 1.82) is 0 Å². The molecule has 29 heavy (non-hydrogen) atoms. The van der Waals surface area contributed by atoms with Crippen molar-refractivity contribution in [2.75, 3.05) is 11.4 Å². The number of ketones is 1. The minimum absolute atomic E-state index is 0.0174. The van der Waals surface area contributed by atoms with E-state index in [-0.39, 0.29) is 29.3 Å². The fourth-order valence-corrected chi connectivity index (χ4v) is 3.86. The van der Waals surface area contributed by atoms with Crippen molar-refractivity contribution >= 4 is 35.0 Å². The molecule has 1 aliphatic carbocycles. The Bertz CT molecular complexity index is 1020. The van der Waals surface area contributed by atoms with Crippen molar-refractivity contribution in [3.8, 4) is 0 Å². The normalized spacial score (nSPS) is 21.3. The van der Waals surface area contributed by atoms with Gasteiger partial charge in [0.2, 0.25) is 11.7 Å². The molecule has 2 heterocycles. The summed E-state index contributed by atoms with van der Waals surface area (Å²) in [6.45, 7) is 0.0174. The van der Waals surface area contributed by atoms with Crippen LogP contribution in [-0.4, -0.2) is 35.2 Å². The first-order valence-electron chi connectivity index (χ1n) is 9.52. The highest BCUT2D eigenvalue weighted by Gasteiger charge is 2.47. The van der Waals surface area contributed by atoms with Crippen LogP contribution in [0.3, 0.4) is 0 Å². The number of amides is 2. The van der Waals surface area contributed by atoms with Gasteiger partial charge in [-0.1, -0.05) is 41.9 Å². The Hall–Kier alpha value is -2.93. The van der Waals surface area contributed by atoms with Crippen LogP contribution >= 0.6 is 11.6 Å². The molecule has 150 valence electrons. The van der Waals surface area contributed by atoms with E-state index in [1.807, 2.05) is 30.3 Å². The Labute approximate surface area is 172 Å². The first-order chi connectivity index (χ1) is 13.9. The van der Waals surface area contributed by atoms with Crippen molar-refractivity contribution in [1.82, 2.24) is 10.3 Å². The first-order valence-corrected chi connectivity index (χ1v) is 9.90. The van der Waals surface area contributed by atoms with Crippen molar-refractivity contribution < 1.29 is 14.4 Å². The third-order valence-electron chi connectivity index (χ3n) is 5.31. The number of carbonyl (C=O) groups excluding carboxylic acids is 3. The maximum Gasteiger partial charge on any atom is 0.287 e. The second-order valence-electron chi connectivity index (χ2n) is 7.51. The molecular formula is C21H20ClN3O4. The number of nitrogens with zero attached hydrogens (tertiary/aromatic N) is 1. The Morgan fingerprint density at radius 2 is 1.86 bits per heavy atom. The number of nitrogens with one attached hydrogen (secondary N) is 2. The summed E-state index contributed by atoms with van der Waals surface area (Å²) in [5.41, 5.74) is 0.453. The summed E-state index contributed by atoms with van der Waals surface area (Å²) in [7, 11) is 0. The summed E-state index contributed by atoms with van der Waals surface area (Å²) < 4.78 is 0. The molecule has 1 aromatic heterocycles. The van der Waals surface area contributed by atoms with Gasteiger partial charge in [0, 0.05) is 23.7 Å². The van der Waals surface area contributed by atoms with E-state index in [2.05, 4.69) is 10.3 Å². The average Bonchev–Trinajstić information content (AvgIpc) is 3.44. The van der Waals surface area contributed by atoms with Gasteiger partial charge in [0.1, 0.15) is 5.82 Å². The number of hydrogen-bond acceptors (Lipinski definition) is 4. The monoisotopic (exact) mass is 413 g/mol. The molecule has 7 nitrogen and oxygen atoms in total. The molecule has 2 aliphatic rings. The molecule has 1 aromatic carbocycles. The summed E-state index contributed by atoms with van der Waals surface area (Å²) in [6.07, 6.45) is 2.06. The number of H-pyrrole nitrogens is 1. The lowest BCUT2D eigenvalue weighted by atomic mass is 9.86. The number of aromatic nitrogens is 1. The predicted octanol–water partition coefficient (Wildman–Crippen LogP) is 1.70. The first kappa shape index (κ1) is 19.4. The molecule has 2 atom stereocenters. The second kappa shape index (κ2) is 7.83. The molecule has 0 bridgehead atoms. The number of halogens is 1. The minimum Gasteiger partial charge on any atom is -0.347 e. The maximum atomic E-state index is 13.2. The highest BCUT2D eigenvalue weighted by molar-refractivity contribution is 6.38. The van der Waals surface area contributed by atoms with Crippen LogP contribution in [0.1, 0.15) is 18.4 Å². The van der Waals surface area contributed by atoms with E-state index in [0.717, 1.165) is 18.4 Å². The van der Waals surface area contributed by atoms with Crippen LogP contribution in [0.2, 0.25) is 5.02 Å². The van der Waals surface area contributed by atoms with Crippen LogP contribution in [0.5, 0.6) is 0 Å². The number of pyridine rings is 1. The van der Waals surface area contributed by atoms with Gasteiger partial charge in [-0.05, 0) is 30.9 Å². The topological polar surface area (TPSA) is 99.3 Å². The number of carbonyl (C=O) groups is 3. The van der Waals surface area contributed by atoms with Crippen LogP contribution in [0.15, 0.2) is 47.3 Å². The molecule has 2 fully saturated rings. The van der Waals surface area contributed by atoms with Gasteiger partial charge in [0.15, 0.2) is 0 Å². The van der Waals surface area contributed by atoms with Gasteiger partial charge in [-0.2, -0.15) is 0 Å². The second-order valence-corrected chi connectivity index (χ2v) is 7.95. The largest absolute Gasteiger partial charge is 0.347 e. The molecule has 0 radical (unpaired) electrons. The molecule has 2 amide bonds. The van der Waals surface area contributed by atoms with Crippen LogP contribution in [-0.2, 0) is 20.8 Å². The number of Topliss-reactive ketones (excluding diaryl/α,β-unsaturated/α-hetero) is 1. The van der Waals surface area contributed by atoms with E-state index in [1.165, 1.54) is 17.0 Å². The zero-order chi connectivity index (χ0) is 20.5. The highest BCUT2D eigenvalue weighted by atomic mass is 35.5. The Morgan fingerprint density at radius 1 is 1.14 bits per heavy atom. The Morgan fingerprint density at radius 3 is 2.52 bits per heavy atom. The van der Waals surface area contributed by atoms with E-state index < -0.39 is 29.1 Å². The zero-order valence-corrected chi connectivity index (χ0v) is 16.3. The fourth-order valence-electron chi connectivity index (χ4n) is 3.66. The van der Waals surface area contributed by atoms with E-state index in [0.29, 0.717) is 6.42 Å². The van der Waals surface area contributed by atoms with Crippen molar-refractivity contribution in [3.05, 3.63) is 63.4 Å². The Balaban J connectivity index is 1.64. The van der Waals surface area contributed by atoms with Gasteiger partial charge in [-0.25, -0.2) is 0 Å². The molecule has 8 heteroatoms. The van der Waals surface area contributed by atoms with Crippen LogP contribution in [0.25, 0.3) is 0 Å². The molecule has 2 aromatic rings. The highest BCUT2D eigenvalue weighted by Crippen LogP contribution is 2.32. The van der Waals surface area contributed by atoms with Crippen molar-refractivity contribution in [2.24, 2.45) is 11.8 Å². The number of benzene rings is 1. The van der Waals surface area contributed by atoms with E-state index in [1.54, 1.807) is 0 Å². The lowest BCUT2D eigenvalue weighted by molar-refractivity contribution is -0.141. The minimum atomic E-state index is -0.802. The van der Waals surface area contributed by atoms with Crippen LogP contribution < -0.4 is 15.8 Å². The zero-order valence-electron chi connectivity index (χ0n) is 15.6. The number of aromatic amines is 1. The smallest absolute Gasteiger partial charge is 0.287 e. The van der Waals surface area contributed by atoms with Crippen molar-refractivity contribution in [2.45, 2.75) is 25.3 Å². The third-order valence-corrected chi connectivity index (χ3v) is 5.52. The molecule has 4 rings (SSSR count). The lowest BCUT2D eigenvalue weighted by Gasteiger charge is -2.16. The number of hydrogen-bond donors (Lipinski definition) is 2. The van der Waals surface area contributed by atoms with Gasteiger partial charge in [0.05, 0.1) is 11.8 Å². The molecule has 0 unspecified atom stereocenters. The molecule has 1 aliphatic heterocycles. The summed E-state index contributed by atoms with van der Waals surface area (Å²) in [4.78, 5) is 54.1. The Kier molecular flexibility index (Phi) is 5.24. The summed E-state index contributed by atoms with van der Waals surface area (Å²) in [6, 6.07) is 12.1. The van der Waals surface area contributed by atoms with Crippen molar-refractivity contribution in [3.63, 3.8) is 0 Å². The quantitative estimate of drug-likeness (QED) is 0.704. The molecule has 0 spiro atoms. The molecule has 1 saturated heterocycles. The number of rotatable bonds is 6. The van der Waals surface area contributed by atoms with Crippen LogP contribution in [0.4, 0.5) is 5.82 Å². The van der Waals surface area contributed by atoms with Crippen LogP contribution in [0, 0.1) is 11.8 Å². The molecular weight excluding hydrogens is 394 g/mol. The SMILES string of the molecule is O=C(NC1CC1)C(=O)[C@H]1CN(c2cc(Cl)cc(=O)[nH]2)C(=O)[C@@H]1Cc1ccccc1. The van der Waals surface area contributed by atoms with E-state index >= 15 is 0 Å². The van der Waals surface area contributed by atoms with Gasteiger partial charge in [-0.15, -0.1) is 0 Å². The van der Waals surface area contributed by atoms with Gasteiger partial charge >= 0.3 is 0 Å². The standard InChI is InChI=1S/C21H20ClN3O4/c22-13-9-17(24-18(26)10-13)25-11-16(19(27)20(28)23-14-6-7-14)15(21(25)29)8-12-4-2-1-3-5-12/h1-5,9-10,14-16H,6-8,11H2,(H,23,28)(H,24,26)/t15-,16+/m1/s1. The third kappa shape index (κ3) is 4.24. The lowest BCUT2D eigenvalue weighted by Crippen LogP contribution is -2.39. The average molecular weight is 414 g/mol. The van der Waals surface area contributed by atoms with E-state index in [9.17, 15) is 19.2 Å². The molecule has 2 N–H and O–H groups in total.